The Labute approximate surface area is 198 Å². The van der Waals surface area contributed by atoms with Gasteiger partial charge in [0.1, 0.15) is 0 Å². The molecule has 0 saturated carbocycles. The van der Waals surface area contributed by atoms with E-state index in [-0.39, 0.29) is 5.91 Å². The highest BCUT2D eigenvalue weighted by molar-refractivity contribution is 14.1. The van der Waals surface area contributed by atoms with Gasteiger partial charge in [-0.25, -0.2) is 0 Å². The van der Waals surface area contributed by atoms with Crippen LogP contribution in [0, 0.1) is 3.57 Å². The summed E-state index contributed by atoms with van der Waals surface area (Å²) in [4.78, 5) is 15.1. The fourth-order valence-electron chi connectivity index (χ4n) is 2.71. The highest BCUT2D eigenvalue weighted by Gasteiger charge is 2.33. The standard InChI is InChI=1S/C21H19ClINO3S2/c1-3-9-27-19-16(23)10-13(11-17(19)26-4-2)12-18-20(25)24(21(28)29-18)15-7-5-14(22)6-8-15/h5-8,10-12H,3-4,9H2,1-2H3/b18-12+. The third kappa shape index (κ3) is 5.25. The molecule has 0 bridgehead atoms. The van der Waals surface area contributed by atoms with E-state index in [0.29, 0.717) is 38.9 Å². The Morgan fingerprint density at radius 2 is 1.93 bits per heavy atom. The number of rotatable bonds is 7. The molecule has 152 valence electrons. The molecule has 1 aliphatic rings. The molecule has 1 saturated heterocycles. The molecule has 3 rings (SSSR count). The molecular weight excluding hydrogens is 541 g/mol. The van der Waals surface area contributed by atoms with Gasteiger partial charge in [0.2, 0.25) is 0 Å². The predicted molar refractivity (Wildman–Crippen MR) is 133 cm³/mol. The molecule has 0 aliphatic carbocycles. The fraction of sp³-hybridized carbons (Fsp3) is 0.238. The lowest BCUT2D eigenvalue weighted by Crippen LogP contribution is -2.27. The summed E-state index contributed by atoms with van der Waals surface area (Å²) in [6.45, 7) is 5.14. The summed E-state index contributed by atoms with van der Waals surface area (Å²) >= 11 is 14.9. The van der Waals surface area contributed by atoms with E-state index in [1.165, 1.54) is 16.7 Å². The maximum atomic E-state index is 13.0. The molecule has 2 aromatic carbocycles. The van der Waals surface area contributed by atoms with Crippen LogP contribution in [0.4, 0.5) is 5.69 Å². The second kappa shape index (κ2) is 10.1. The third-order valence-electron chi connectivity index (χ3n) is 3.96. The molecule has 0 spiro atoms. The monoisotopic (exact) mass is 559 g/mol. The number of carbonyl (C=O) groups excluding carboxylic acids is 1. The highest BCUT2D eigenvalue weighted by atomic mass is 127. The second-order valence-corrected chi connectivity index (χ2v) is 9.38. The molecule has 29 heavy (non-hydrogen) atoms. The zero-order valence-corrected chi connectivity index (χ0v) is 20.5. The number of ether oxygens (including phenoxy) is 2. The van der Waals surface area contributed by atoms with Crippen LogP contribution in [0.25, 0.3) is 6.08 Å². The Morgan fingerprint density at radius 3 is 2.59 bits per heavy atom. The quantitative estimate of drug-likeness (QED) is 0.219. The van der Waals surface area contributed by atoms with E-state index in [9.17, 15) is 4.79 Å². The van der Waals surface area contributed by atoms with Crippen molar-refractivity contribution in [2.75, 3.05) is 18.1 Å². The summed E-state index contributed by atoms with van der Waals surface area (Å²) in [5.74, 6) is 1.26. The lowest BCUT2D eigenvalue weighted by atomic mass is 10.1. The van der Waals surface area contributed by atoms with Gasteiger partial charge >= 0.3 is 0 Å². The van der Waals surface area contributed by atoms with Crippen molar-refractivity contribution in [1.29, 1.82) is 0 Å². The van der Waals surface area contributed by atoms with E-state index in [2.05, 4.69) is 29.5 Å². The van der Waals surface area contributed by atoms with E-state index in [1.807, 2.05) is 25.1 Å². The number of thiocarbonyl (C=S) groups is 1. The lowest BCUT2D eigenvalue weighted by molar-refractivity contribution is -0.113. The maximum Gasteiger partial charge on any atom is 0.270 e. The van der Waals surface area contributed by atoms with Crippen molar-refractivity contribution >= 4 is 80.2 Å². The zero-order chi connectivity index (χ0) is 21.0. The second-order valence-electron chi connectivity index (χ2n) is 6.10. The number of benzene rings is 2. The first-order chi connectivity index (χ1) is 13.9. The number of halogens is 2. The van der Waals surface area contributed by atoms with Crippen LogP contribution in [-0.4, -0.2) is 23.4 Å². The Hall–Kier alpha value is -1.29. The fourth-order valence-corrected chi connectivity index (χ4v) is 4.92. The number of carbonyl (C=O) groups is 1. The topological polar surface area (TPSA) is 38.8 Å². The van der Waals surface area contributed by atoms with Crippen molar-refractivity contribution in [3.63, 3.8) is 0 Å². The van der Waals surface area contributed by atoms with E-state index in [0.717, 1.165) is 21.3 Å². The molecule has 1 fully saturated rings. The van der Waals surface area contributed by atoms with Crippen LogP contribution in [0.1, 0.15) is 25.8 Å². The van der Waals surface area contributed by atoms with E-state index in [4.69, 9.17) is 33.3 Å². The summed E-state index contributed by atoms with van der Waals surface area (Å²) in [6, 6.07) is 10.9. The Kier molecular flexibility index (Phi) is 7.84. The summed E-state index contributed by atoms with van der Waals surface area (Å²) in [6.07, 6.45) is 2.75. The zero-order valence-electron chi connectivity index (χ0n) is 15.9. The van der Waals surface area contributed by atoms with Gasteiger partial charge in [0.05, 0.1) is 27.4 Å². The van der Waals surface area contributed by atoms with Gasteiger partial charge in [0.15, 0.2) is 15.8 Å². The van der Waals surface area contributed by atoms with Crippen molar-refractivity contribution in [3.05, 3.63) is 55.5 Å². The Bertz CT molecular complexity index is 963. The van der Waals surface area contributed by atoms with Crippen molar-refractivity contribution < 1.29 is 14.3 Å². The number of amides is 1. The van der Waals surface area contributed by atoms with Gasteiger partial charge in [-0.05, 0) is 84.0 Å². The average Bonchev–Trinajstić information content (AvgIpc) is 2.95. The number of nitrogens with zero attached hydrogens (tertiary/aromatic N) is 1. The van der Waals surface area contributed by atoms with Crippen molar-refractivity contribution in [2.24, 2.45) is 0 Å². The van der Waals surface area contributed by atoms with Gasteiger partial charge in [-0.2, -0.15) is 0 Å². The minimum absolute atomic E-state index is 0.151. The molecule has 0 atom stereocenters. The minimum Gasteiger partial charge on any atom is -0.490 e. The summed E-state index contributed by atoms with van der Waals surface area (Å²) < 4.78 is 13.0. The molecule has 4 nitrogen and oxygen atoms in total. The average molecular weight is 560 g/mol. The molecular formula is C21H19ClINO3S2. The van der Waals surface area contributed by atoms with E-state index >= 15 is 0 Å². The van der Waals surface area contributed by atoms with Crippen LogP contribution in [0.3, 0.4) is 0 Å². The maximum absolute atomic E-state index is 13.0. The SMILES string of the molecule is CCCOc1c(I)cc(/C=C2/SC(=S)N(c3ccc(Cl)cc3)C2=O)cc1OCC. The number of anilines is 1. The van der Waals surface area contributed by atoms with E-state index in [1.54, 1.807) is 24.3 Å². The first-order valence-electron chi connectivity index (χ1n) is 9.07. The molecule has 0 radical (unpaired) electrons. The molecule has 1 amide bonds. The van der Waals surface area contributed by atoms with E-state index < -0.39 is 0 Å². The smallest absolute Gasteiger partial charge is 0.270 e. The Balaban J connectivity index is 1.92. The van der Waals surface area contributed by atoms with Gasteiger partial charge in [-0.1, -0.05) is 42.5 Å². The molecule has 1 aliphatic heterocycles. The van der Waals surface area contributed by atoms with Gasteiger partial charge in [0, 0.05) is 5.02 Å². The van der Waals surface area contributed by atoms with Crippen LogP contribution in [0.15, 0.2) is 41.3 Å². The lowest BCUT2D eigenvalue weighted by Gasteiger charge is -2.15. The molecule has 1 heterocycles. The molecule has 2 aromatic rings. The number of hydrogen-bond acceptors (Lipinski definition) is 5. The summed E-state index contributed by atoms with van der Waals surface area (Å²) in [5.41, 5.74) is 1.56. The highest BCUT2D eigenvalue weighted by Crippen LogP contribution is 2.39. The number of thioether (sulfide) groups is 1. The molecule has 8 heteroatoms. The summed E-state index contributed by atoms with van der Waals surface area (Å²) in [5, 5.41) is 0.609. The number of hydrogen-bond donors (Lipinski definition) is 0. The van der Waals surface area contributed by atoms with Crippen LogP contribution >= 0.6 is 58.2 Å². The minimum atomic E-state index is -0.151. The van der Waals surface area contributed by atoms with Crippen molar-refractivity contribution in [1.82, 2.24) is 0 Å². The van der Waals surface area contributed by atoms with Crippen molar-refractivity contribution in [3.8, 4) is 11.5 Å². The first-order valence-corrected chi connectivity index (χ1v) is 11.7. The molecule has 0 unspecified atom stereocenters. The van der Waals surface area contributed by atoms with Gasteiger partial charge in [-0.3, -0.25) is 9.69 Å². The van der Waals surface area contributed by atoms with Crippen LogP contribution < -0.4 is 14.4 Å². The van der Waals surface area contributed by atoms with Gasteiger partial charge < -0.3 is 9.47 Å². The van der Waals surface area contributed by atoms with Crippen molar-refractivity contribution in [2.45, 2.75) is 20.3 Å². The third-order valence-corrected chi connectivity index (χ3v) is 6.31. The largest absolute Gasteiger partial charge is 0.490 e. The van der Waals surface area contributed by atoms with Gasteiger partial charge in [-0.15, -0.1) is 0 Å². The first kappa shape index (κ1) is 22.4. The summed E-state index contributed by atoms with van der Waals surface area (Å²) in [7, 11) is 0. The van der Waals surface area contributed by atoms with Crippen LogP contribution in [-0.2, 0) is 4.79 Å². The Morgan fingerprint density at radius 1 is 1.21 bits per heavy atom. The van der Waals surface area contributed by atoms with Gasteiger partial charge in [0.25, 0.3) is 5.91 Å². The van der Waals surface area contributed by atoms with Crippen LogP contribution in [0.2, 0.25) is 5.02 Å². The molecule has 0 N–H and O–H groups in total. The molecule has 0 aromatic heterocycles. The van der Waals surface area contributed by atoms with Crippen LogP contribution in [0.5, 0.6) is 11.5 Å². The normalized spacial score (nSPS) is 15.3. The predicted octanol–water partition coefficient (Wildman–Crippen LogP) is 6.54.